The standard InChI is InChI=1S/C10H12N4OS2/c1-14(2)9-12-13-10(17-9)16-8-7(6-15)4-3-5-11-8/h3-5,15H,6H2,1-2H3. The normalized spacial score (nSPS) is 10.5. The largest absolute Gasteiger partial charge is 0.392 e. The van der Waals surface area contributed by atoms with Crippen LogP contribution < -0.4 is 4.90 Å². The monoisotopic (exact) mass is 268 g/mol. The molecule has 2 heterocycles. The number of nitrogens with zero attached hydrogens (tertiary/aromatic N) is 4. The molecule has 0 aromatic carbocycles. The smallest absolute Gasteiger partial charge is 0.208 e. The number of rotatable bonds is 4. The van der Waals surface area contributed by atoms with E-state index in [0.717, 1.165) is 20.1 Å². The molecule has 2 rings (SSSR count). The molecule has 2 aromatic rings. The van der Waals surface area contributed by atoms with Crippen LogP contribution in [0, 0.1) is 0 Å². The van der Waals surface area contributed by atoms with E-state index in [-0.39, 0.29) is 6.61 Å². The van der Waals surface area contributed by atoms with Gasteiger partial charge in [0.2, 0.25) is 5.13 Å². The molecule has 17 heavy (non-hydrogen) atoms. The molecule has 0 aliphatic rings. The topological polar surface area (TPSA) is 62.1 Å². The van der Waals surface area contributed by atoms with Crippen LogP contribution in [0.15, 0.2) is 27.7 Å². The van der Waals surface area contributed by atoms with E-state index in [1.807, 2.05) is 25.1 Å². The highest BCUT2D eigenvalue weighted by Crippen LogP contribution is 2.33. The molecule has 0 saturated carbocycles. The van der Waals surface area contributed by atoms with Crippen LogP contribution >= 0.6 is 23.1 Å². The molecule has 1 N–H and O–H groups in total. The van der Waals surface area contributed by atoms with Gasteiger partial charge in [-0.25, -0.2) is 4.98 Å². The van der Waals surface area contributed by atoms with Crippen molar-refractivity contribution >= 4 is 28.2 Å². The number of aromatic nitrogens is 3. The fourth-order valence-electron chi connectivity index (χ4n) is 1.14. The fourth-order valence-corrected chi connectivity index (χ4v) is 2.90. The molecule has 2 aromatic heterocycles. The Labute approximate surface area is 108 Å². The first-order valence-electron chi connectivity index (χ1n) is 4.94. The van der Waals surface area contributed by atoms with Gasteiger partial charge >= 0.3 is 0 Å². The maximum Gasteiger partial charge on any atom is 0.208 e. The summed E-state index contributed by atoms with van der Waals surface area (Å²) in [5.41, 5.74) is 0.805. The van der Waals surface area contributed by atoms with Gasteiger partial charge in [-0.15, -0.1) is 10.2 Å². The van der Waals surface area contributed by atoms with E-state index in [9.17, 15) is 5.11 Å². The van der Waals surface area contributed by atoms with Gasteiger partial charge in [-0.05, 0) is 17.8 Å². The molecular formula is C10H12N4OS2. The van der Waals surface area contributed by atoms with Crippen molar-refractivity contribution in [3.8, 4) is 0 Å². The molecule has 0 atom stereocenters. The third kappa shape index (κ3) is 2.93. The van der Waals surface area contributed by atoms with Crippen LogP contribution in [0.25, 0.3) is 0 Å². The minimum absolute atomic E-state index is 0.0183. The van der Waals surface area contributed by atoms with Crippen LogP contribution in [-0.2, 0) is 6.61 Å². The summed E-state index contributed by atoms with van der Waals surface area (Å²) in [6.45, 7) is -0.0183. The zero-order chi connectivity index (χ0) is 12.3. The number of anilines is 1. The Morgan fingerprint density at radius 2 is 2.24 bits per heavy atom. The lowest BCUT2D eigenvalue weighted by atomic mass is 10.3. The zero-order valence-corrected chi connectivity index (χ0v) is 11.1. The summed E-state index contributed by atoms with van der Waals surface area (Å²) in [6, 6.07) is 3.66. The second-order valence-electron chi connectivity index (χ2n) is 3.47. The first-order chi connectivity index (χ1) is 8.20. The highest BCUT2D eigenvalue weighted by Gasteiger charge is 2.10. The Morgan fingerprint density at radius 3 is 2.88 bits per heavy atom. The van der Waals surface area contributed by atoms with Gasteiger partial charge in [-0.1, -0.05) is 17.4 Å². The summed E-state index contributed by atoms with van der Waals surface area (Å²) in [5.74, 6) is 0. The molecule has 0 unspecified atom stereocenters. The maximum absolute atomic E-state index is 9.20. The van der Waals surface area contributed by atoms with Crippen molar-refractivity contribution in [2.24, 2.45) is 0 Å². The Kier molecular flexibility index (Phi) is 3.93. The van der Waals surface area contributed by atoms with Gasteiger partial charge in [-0.2, -0.15) is 0 Å². The molecule has 0 bridgehead atoms. The quantitative estimate of drug-likeness (QED) is 0.909. The summed E-state index contributed by atoms with van der Waals surface area (Å²) in [6.07, 6.45) is 1.70. The van der Waals surface area contributed by atoms with Gasteiger partial charge in [0.25, 0.3) is 0 Å². The van der Waals surface area contributed by atoms with Gasteiger partial charge in [0.05, 0.1) is 6.61 Å². The van der Waals surface area contributed by atoms with Gasteiger partial charge in [0.15, 0.2) is 4.34 Å². The number of aliphatic hydroxyl groups excluding tert-OH is 1. The lowest BCUT2D eigenvalue weighted by molar-refractivity contribution is 0.278. The van der Waals surface area contributed by atoms with E-state index in [4.69, 9.17) is 0 Å². The van der Waals surface area contributed by atoms with Crippen molar-refractivity contribution in [2.75, 3.05) is 19.0 Å². The van der Waals surface area contributed by atoms with Crippen molar-refractivity contribution in [2.45, 2.75) is 16.0 Å². The molecule has 90 valence electrons. The van der Waals surface area contributed by atoms with Crippen LogP contribution in [0.5, 0.6) is 0 Å². The summed E-state index contributed by atoms with van der Waals surface area (Å²) in [4.78, 5) is 6.14. The minimum atomic E-state index is -0.0183. The number of pyridine rings is 1. The van der Waals surface area contributed by atoms with Crippen molar-refractivity contribution in [3.63, 3.8) is 0 Å². The third-order valence-corrected chi connectivity index (χ3v) is 4.19. The third-order valence-electron chi connectivity index (χ3n) is 1.98. The highest BCUT2D eigenvalue weighted by molar-refractivity contribution is 8.01. The van der Waals surface area contributed by atoms with E-state index in [2.05, 4.69) is 15.2 Å². The molecule has 0 aliphatic heterocycles. The van der Waals surface area contributed by atoms with E-state index in [0.29, 0.717) is 0 Å². The van der Waals surface area contributed by atoms with Crippen molar-refractivity contribution in [3.05, 3.63) is 23.9 Å². The predicted octanol–water partition coefficient (Wildman–Crippen LogP) is 1.64. The molecule has 0 amide bonds. The molecule has 5 nitrogen and oxygen atoms in total. The molecule has 0 fully saturated rings. The number of hydrogen-bond acceptors (Lipinski definition) is 7. The Hall–Kier alpha value is -1.18. The van der Waals surface area contributed by atoms with Crippen molar-refractivity contribution in [1.82, 2.24) is 15.2 Å². The summed E-state index contributed by atoms with van der Waals surface area (Å²) >= 11 is 2.92. The summed E-state index contributed by atoms with van der Waals surface area (Å²) < 4.78 is 0.821. The van der Waals surface area contributed by atoms with E-state index < -0.39 is 0 Å². The molecule has 0 aliphatic carbocycles. The SMILES string of the molecule is CN(C)c1nnc(Sc2ncccc2CO)s1. The highest BCUT2D eigenvalue weighted by atomic mass is 32.2. The first-order valence-corrected chi connectivity index (χ1v) is 6.57. The zero-order valence-electron chi connectivity index (χ0n) is 9.49. The molecule has 0 saturated heterocycles. The Bertz CT molecular complexity index is 501. The lowest BCUT2D eigenvalue weighted by Gasteiger charge is -2.04. The molecule has 0 radical (unpaired) electrons. The van der Waals surface area contributed by atoms with E-state index >= 15 is 0 Å². The summed E-state index contributed by atoms with van der Waals surface area (Å²) in [7, 11) is 3.85. The lowest BCUT2D eigenvalue weighted by Crippen LogP contribution is -2.07. The van der Waals surface area contributed by atoms with Crippen LogP contribution in [0.4, 0.5) is 5.13 Å². The first kappa shape index (κ1) is 12.3. The van der Waals surface area contributed by atoms with Crippen molar-refractivity contribution in [1.29, 1.82) is 0 Å². The van der Waals surface area contributed by atoms with Crippen LogP contribution in [0.2, 0.25) is 0 Å². The minimum Gasteiger partial charge on any atom is -0.392 e. The van der Waals surface area contributed by atoms with Gasteiger partial charge in [-0.3, -0.25) is 0 Å². The number of hydrogen-bond donors (Lipinski definition) is 1. The van der Waals surface area contributed by atoms with Crippen LogP contribution in [-0.4, -0.2) is 34.4 Å². The van der Waals surface area contributed by atoms with Gasteiger partial charge in [0, 0.05) is 25.9 Å². The van der Waals surface area contributed by atoms with E-state index in [1.54, 1.807) is 12.3 Å². The van der Waals surface area contributed by atoms with E-state index in [1.165, 1.54) is 23.1 Å². The number of aliphatic hydroxyl groups is 1. The van der Waals surface area contributed by atoms with Crippen molar-refractivity contribution < 1.29 is 5.11 Å². The Balaban J connectivity index is 2.19. The average Bonchev–Trinajstić information content (AvgIpc) is 2.78. The molecule has 7 heteroatoms. The van der Waals surface area contributed by atoms with Gasteiger partial charge < -0.3 is 10.0 Å². The average molecular weight is 268 g/mol. The summed E-state index contributed by atoms with van der Waals surface area (Å²) in [5, 5.41) is 19.0. The second-order valence-corrected chi connectivity index (χ2v) is 5.66. The maximum atomic E-state index is 9.20. The fraction of sp³-hybridized carbons (Fsp3) is 0.300. The van der Waals surface area contributed by atoms with Gasteiger partial charge in [0.1, 0.15) is 5.03 Å². The Morgan fingerprint density at radius 1 is 1.41 bits per heavy atom. The predicted molar refractivity (Wildman–Crippen MR) is 68.5 cm³/mol. The molecular weight excluding hydrogens is 256 g/mol. The second kappa shape index (κ2) is 5.44. The van der Waals surface area contributed by atoms with Crippen LogP contribution in [0.3, 0.4) is 0 Å². The van der Waals surface area contributed by atoms with Crippen LogP contribution in [0.1, 0.15) is 5.56 Å². The molecule has 0 spiro atoms.